The fraction of sp³-hybridized carbons (Fsp3) is 0.611. The molecule has 0 bridgehead atoms. The van der Waals surface area contributed by atoms with E-state index < -0.39 is 0 Å². The van der Waals surface area contributed by atoms with Crippen LogP contribution in [0.15, 0.2) is 16.9 Å². The van der Waals surface area contributed by atoms with Gasteiger partial charge in [-0.25, -0.2) is 0 Å². The van der Waals surface area contributed by atoms with Crippen molar-refractivity contribution in [2.75, 3.05) is 31.1 Å². The van der Waals surface area contributed by atoms with Crippen molar-refractivity contribution in [3.63, 3.8) is 0 Å². The minimum Gasteiger partial charge on any atom is -0.376 e. The Morgan fingerprint density at radius 3 is 3.12 bits per heavy atom. The highest BCUT2D eigenvalue weighted by Crippen LogP contribution is 2.28. The molecular formula is C18H23N5O3. The second-order valence-electron chi connectivity index (χ2n) is 7.34. The molecule has 138 valence electrons. The largest absolute Gasteiger partial charge is 0.376 e. The lowest BCUT2D eigenvalue weighted by molar-refractivity contribution is -0.117. The van der Waals surface area contributed by atoms with Crippen LogP contribution >= 0.6 is 0 Å². The molecule has 8 nitrogen and oxygen atoms in total. The summed E-state index contributed by atoms with van der Waals surface area (Å²) < 4.78 is 13.0. The van der Waals surface area contributed by atoms with Gasteiger partial charge in [0.05, 0.1) is 31.1 Å². The van der Waals surface area contributed by atoms with Crippen LogP contribution in [0, 0.1) is 0 Å². The van der Waals surface area contributed by atoms with Gasteiger partial charge in [0.15, 0.2) is 0 Å². The molecule has 26 heavy (non-hydrogen) atoms. The van der Waals surface area contributed by atoms with Crippen molar-refractivity contribution in [2.45, 2.75) is 44.9 Å². The Labute approximate surface area is 151 Å². The van der Waals surface area contributed by atoms with Crippen LogP contribution in [0.2, 0.25) is 0 Å². The van der Waals surface area contributed by atoms with E-state index in [1.54, 1.807) is 0 Å². The van der Waals surface area contributed by atoms with E-state index in [9.17, 15) is 4.79 Å². The van der Waals surface area contributed by atoms with Crippen molar-refractivity contribution in [1.29, 1.82) is 0 Å². The van der Waals surface area contributed by atoms with Gasteiger partial charge in [-0.15, -0.1) is 0 Å². The Balaban J connectivity index is 1.24. The molecule has 1 unspecified atom stereocenters. The molecule has 2 aromatic rings. The Hall–Kier alpha value is -2.19. The molecule has 2 saturated heterocycles. The van der Waals surface area contributed by atoms with Crippen LogP contribution in [-0.4, -0.2) is 52.0 Å². The van der Waals surface area contributed by atoms with E-state index in [4.69, 9.17) is 9.26 Å². The van der Waals surface area contributed by atoms with Crippen molar-refractivity contribution < 1.29 is 14.1 Å². The summed E-state index contributed by atoms with van der Waals surface area (Å²) in [5.41, 5.74) is 3.06. The summed E-state index contributed by atoms with van der Waals surface area (Å²) in [6.45, 7) is 4.85. The number of hydrogen-bond acceptors (Lipinski definition) is 6. The molecule has 3 aliphatic heterocycles. The number of amides is 1. The van der Waals surface area contributed by atoms with Crippen LogP contribution in [-0.2, 0) is 29.1 Å². The number of anilines is 1. The van der Waals surface area contributed by atoms with Crippen LogP contribution in [0.5, 0.6) is 0 Å². The summed E-state index contributed by atoms with van der Waals surface area (Å²) in [5.74, 6) is 1.18. The predicted octanol–water partition coefficient (Wildman–Crippen LogP) is 1.52. The standard InChI is InChI=1S/C18H23N5O3/c24-18-2-1-5-22(18)14-8-19-23(10-14)13-3-6-21(9-13)11-16-15-12-25-7-4-17(15)26-20-16/h8,10,13H,1-7,9,11-12H2. The maximum atomic E-state index is 11.9. The molecule has 3 aliphatic rings. The van der Waals surface area contributed by atoms with Gasteiger partial charge in [-0.2, -0.15) is 5.10 Å². The quantitative estimate of drug-likeness (QED) is 0.826. The Morgan fingerprint density at radius 1 is 1.27 bits per heavy atom. The molecule has 2 fully saturated rings. The Bertz CT molecular complexity index is 814. The highest BCUT2D eigenvalue weighted by molar-refractivity contribution is 5.95. The first-order valence-electron chi connectivity index (χ1n) is 9.39. The third-order valence-electron chi connectivity index (χ3n) is 5.64. The first kappa shape index (κ1) is 16.0. The van der Waals surface area contributed by atoms with Gasteiger partial charge < -0.3 is 14.2 Å². The summed E-state index contributed by atoms with van der Waals surface area (Å²) in [6.07, 6.45) is 7.28. The van der Waals surface area contributed by atoms with Gasteiger partial charge >= 0.3 is 0 Å². The highest BCUT2D eigenvalue weighted by Gasteiger charge is 2.29. The minimum absolute atomic E-state index is 0.204. The zero-order valence-corrected chi connectivity index (χ0v) is 14.8. The molecule has 2 aromatic heterocycles. The second-order valence-corrected chi connectivity index (χ2v) is 7.34. The van der Waals surface area contributed by atoms with Gasteiger partial charge in [0.2, 0.25) is 5.91 Å². The highest BCUT2D eigenvalue weighted by atomic mass is 16.5. The second kappa shape index (κ2) is 6.51. The number of aromatic nitrogens is 3. The van der Waals surface area contributed by atoms with Gasteiger partial charge in [-0.1, -0.05) is 5.16 Å². The molecule has 0 radical (unpaired) electrons. The molecule has 0 spiro atoms. The van der Waals surface area contributed by atoms with E-state index in [0.717, 1.165) is 68.1 Å². The molecule has 8 heteroatoms. The van der Waals surface area contributed by atoms with E-state index in [2.05, 4.69) is 15.2 Å². The molecule has 0 aromatic carbocycles. The van der Waals surface area contributed by atoms with Crippen molar-refractivity contribution >= 4 is 11.6 Å². The summed E-state index contributed by atoms with van der Waals surface area (Å²) in [7, 11) is 0. The van der Waals surface area contributed by atoms with Crippen LogP contribution in [0.4, 0.5) is 5.69 Å². The Morgan fingerprint density at radius 2 is 2.23 bits per heavy atom. The van der Waals surface area contributed by atoms with Crippen LogP contribution in [0.1, 0.15) is 42.3 Å². The van der Waals surface area contributed by atoms with E-state index in [0.29, 0.717) is 25.7 Å². The average Bonchev–Trinajstić information content (AvgIpc) is 3.42. The predicted molar refractivity (Wildman–Crippen MR) is 92.6 cm³/mol. The fourth-order valence-electron chi connectivity index (χ4n) is 4.18. The van der Waals surface area contributed by atoms with Crippen molar-refractivity contribution in [3.8, 4) is 0 Å². The molecular weight excluding hydrogens is 334 g/mol. The first-order chi connectivity index (χ1) is 12.8. The smallest absolute Gasteiger partial charge is 0.227 e. The van der Waals surface area contributed by atoms with Crippen molar-refractivity contribution in [1.82, 2.24) is 19.8 Å². The van der Waals surface area contributed by atoms with Crippen LogP contribution in [0.25, 0.3) is 0 Å². The minimum atomic E-state index is 0.204. The lowest BCUT2D eigenvalue weighted by Gasteiger charge is -2.17. The van der Waals surface area contributed by atoms with Crippen molar-refractivity contribution in [3.05, 3.63) is 29.4 Å². The third kappa shape index (κ3) is 2.83. The van der Waals surface area contributed by atoms with Gasteiger partial charge in [-0.3, -0.25) is 14.4 Å². The Kier molecular flexibility index (Phi) is 4.01. The SMILES string of the molecule is O=C1CCCN1c1cnn(C2CCN(Cc3noc4c3COCC4)C2)c1. The summed E-state index contributed by atoms with van der Waals surface area (Å²) in [6, 6.07) is 0.334. The summed E-state index contributed by atoms with van der Waals surface area (Å²) >= 11 is 0. The van der Waals surface area contributed by atoms with E-state index in [-0.39, 0.29) is 5.91 Å². The number of likely N-dealkylation sites (tertiary alicyclic amines) is 1. The van der Waals surface area contributed by atoms with Gasteiger partial charge in [0.25, 0.3) is 0 Å². The number of fused-ring (bicyclic) bond motifs is 1. The van der Waals surface area contributed by atoms with Gasteiger partial charge in [0, 0.05) is 50.8 Å². The monoisotopic (exact) mass is 357 g/mol. The first-order valence-corrected chi connectivity index (χ1v) is 9.39. The summed E-state index contributed by atoms with van der Waals surface area (Å²) in [4.78, 5) is 16.1. The zero-order valence-electron chi connectivity index (χ0n) is 14.8. The lowest BCUT2D eigenvalue weighted by Crippen LogP contribution is -2.23. The third-order valence-corrected chi connectivity index (χ3v) is 5.64. The lowest BCUT2D eigenvalue weighted by atomic mass is 10.1. The number of carbonyl (C=O) groups is 1. The van der Waals surface area contributed by atoms with Crippen LogP contribution in [0.3, 0.4) is 0 Å². The van der Waals surface area contributed by atoms with E-state index in [1.165, 1.54) is 0 Å². The number of hydrogen-bond donors (Lipinski definition) is 0. The average molecular weight is 357 g/mol. The normalized spacial score (nSPS) is 23.8. The van der Waals surface area contributed by atoms with E-state index >= 15 is 0 Å². The fourth-order valence-corrected chi connectivity index (χ4v) is 4.18. The topological polar surface area (TPSA) is 76.6 Å². The zero-order chi connectivity index (χ0) is 17.5. The molecule has 1 atom stereocenters. The van der Waals surface area contributed by atoms with Crippen molar-refractivity contribution in [2.24, 2.45) is 0 Å². The maximum Gasteiger partial charge on any atom is 0.227 e. The molecule has 0 saturated carbocycles. The number of ether oxygens (including phenoxy) is 1. The maximum absolute atomic E-state index is 11.9. The molecule has 1 amide bonds. The van der Waals surface area contributed by atoms with Gasteiger partial charge in [0.1, 0.15) is 11.5 Å². The number of nitrogens with zero attached hydrogens (tertiary/aromatic N) is 5. The molecule has 0 aliphatic carbocycles. The summed E-state index contributed by atoms with van der Waals surface area (Å²) in [5, 5.41) is 8.78. The molecule has 5 rings (SSSR count). The van der Waals surface area contributed by atoms with E-state index in [1.807, 2.05) is 22.0 Å². The molecule has 5 heterocycles. The van der Waals surface area contributed by atoms with Gasteiger partial charge in [-0.05, 0) is 12.8 Å². The molecule has 0 N–H and O–H groups in total. The number of carbonyl (C=O) groups excluding carboxylic acids is 1. The number of rotatable bonds is 4. The van der Waals surface area contributed by atoms with Crippen LogP contribution < -0.4 is 4.90 Å².